The first-order chi connectivity index (χ1) is 10.5. The molecule has 2 aromatic heterocycles. The number of aromatic nitrogens is 3. The van der Waals surface area contributed by atoms with Gasteiger partial charge in [-0.15, -0.1) is 24.0 Å². The summed E-state index contributed by atoms with van der Waals surface area (Å²) in [6.45, 7) is 4.44. The highest BCUT2D eigenvalue weighted by molar-refractivity contribution is 14.0. The van der Waals surface area contributed by atoms with Crippen molar-refractivity contribution in [3.8, 4) is 0 Å². The summed E-state index contributed by atoms with van der Waals surface area (Å²) in [5.41, 5.74) is 2.40. The lowest BCUT2D eigenvalue weighted by atomic mass is 10.4. The highest BCUT2D eigenvalue weighted by atomic mass is 127. The van der Waals surface area contributed by atoms with Gasteiger partial charge in [-0.05, 0) is 34.5 Å². The molecule has 1 N–H and O–H groups in total. The predicted octanol–water partition coefficient (Wildman–Crippen LogP) is 2.62. The zero-order valence-corrected chi connectivity index (χ0v) is 17.9. The fourth-order valence-electron chi connectivity index (χ4n) is 2.30. The van der Waals surface area contributed by atoms with Crippen LogP contribution < -0.4 is 5.32 Å². The van der Waals surface area contributed by atoms with E-state index in [1.807, 2.05) is 38.1 Å². The molecule has 0 bridgehead atoms. The quantitative estimate of drug-likeness (QED) is 0.395. The van der Waals surface area contributed by atoms with Gasteiger partial charge in [0, 0.05) is 50.2 Å². The van der Waals surface area contributed by atoms with Crippen LogP contribution in [-0.4, -0.2) is 45.8 Å². The van der Waals surface area contributed by atoms with Crippen molar-refractivity contribution in [1.82, 2.24) is 24.6 Å². The summed E-state index contributed by atoms with van der Waals surface area (Å²) in [7, 11) is 5.89. The zero-order valence-electron chi connectivity index (χ0n) is 14.0. The van der Waals surface area contributed by atoms with Crippen LogP contribution in [0.15, 0.2) is 34.1 Å². The largest absolute Gasteiger partial charge is 0.354 e. The Kier molecular flexibility index (Phi) is 8.10. The van der Waals surface area contributed by atoms with Crippen molar-refractivity contribution < 1.29 is 0 Å². The molecule has 0 spiro atoms. The molecule has 0 radical (unpaired) electrons. The molecule has 0 aliphatic heterocycles. The molecule has 0 unspecified atom stereocenters. The van der Waals surface area contributed by atoms with E-state index in [0.717, 1.165) is 30.1 Å². The van der Waals surface area contributed by atoms with Gasteiger partial charge in [0.1, 0.15) is 0 Å². The van der Waals surface area contributed by atoms with Crippen molar-refractivity contribution >= 4 is 45.9 Å². The SMILES string of the molecule is CN=C(NCCn1cc(C)cn1)N(C)Cc1cc(Br)cn1C.I. The standard InChI is InChI=1S/C15H23BrN6.HI/c1-12-8-19-22(9-12)6-5-18-15(17-2)21(4)11-14-7-13(16)10-20(14)3;/h7-10H,5-6,11H2,1-4H3,(H,17,18);1H. The fraction of sp³-hybridized carbons (Fsp3) is 0.467. The lowest BCUT2D eigenvalue weighted by Gasteiger charge is -2.22. The third-order valence-corrected chi connectivity index (χ3v) is 3.87. The summed E-state index contributed by atoms with van der Waals surface area (Å²) in [5, 5.41) is 7.65. The summed E-state index contributed by atoms with van der Waals surface area (Å²) < 4.78 is 5.14. The van der Waals surface area contributed by atoms with E-state index in [1.54, 1.807) is 7.05 Å². The van der Waals surface area contributed by atoms with Gasteiger partial charge in [0.25, 0.3) is 0 Å². The molecule has 0 aromatic carbocycles. The highest BCUT2D eigenvalue weighted by Gasteiger charge is 2.09. The minimum atomic E-state index is 0. The maximum absolute atomic E-state index is 4.34. The Hall–Kier alpha value is -1.03. The number of hydrogen-bond acceptors (Lipinski definition) is 2. The van der Waals surface area contributed by atoms with Crippen LogP contribution in [-0.2, 0) is 20.1 Å². The molecule has 0 saturated heterocycles. The number of hydrogen-bond donors (Lipinski definition) is 1. The summed E-state index contributed by atoms with van der Waals surface area (Å²) in [5.74, 6) is 0.876. The van der Waals surface area contributed by atoms with Crippen LogP contribution in [0.25, 0.3) is 0 Å². The van der Waals surface area contributed by atoms with Crippen molar-refractivity contribution in [2.45, 2.75) is 20.0 Å². The van der Waals surface area contributed by atoms with Crippen molar-refractivity contribution in [3.05, 3.63) is 40.4 Å². The third-order valence-electron chi connectivity index (χ3n) is 3.43. The van der Waals surface area contributed by atoms with Crippen molar-refractivity contribution in [3.63, 3.8) is 0 Å². The van der Waals surface area contributed by atoms with Crippen molar-refractivity contribution in [2.24, 2.45) is 12.0 Å². The lowest BCUT2D eigenvalue weighted by Crippen LogP contribution is -2.40. The van der Waals surface area contributed by atoms with E-state index in [1.165, 1.54) is 11.3 Å². The van der Waals surface area contributed by atoms with E-state index in [2.05, 4.69) is 53.1 Å². The molecule has 2 rings (SSSR count). The van der Waals surface area contributed by atoms with E-state index in [9.17, 15) is 0 Å². The second-order valence-corrected chi connectivity index (χ2v) is 6.29. The number of aryl methyl sites for hydroxylation is 2. The van der Waals surface area contributed by atoms with E-state index >= 15 is 0 Å². The van der Waals surface area contributed by atoms with Gasteiger partial charge in [-0.3, -0.25) is 9.67 Å². The molecule has 0 aliphatic rings. The molecule has 0 amide bonds. The number of nitrogens with zero attached hydrogens (tertiary/aromatic N) is 5. The van der Waals surface area contributed by atoms with Gasteiger partial charge in [0.2, 0.25) is 0 Å². The minimum absolute atomic E-state index is 0. The molecule has 0 aliphatic carbocycles. The third kappa shape index (κ3) is 5.83. The average molecular weight is 495 g/mol. The molecule has 0 fully saturated rings. The van der Waals surface area contributed by atoms with Gasteiger partial charge in [0.05, 0.1) is 19.3 Å². The molecule has 0 saturated carbocycles. The van der Waals surface area contributed by atoms with Crippen LogP contribution >= 0.6 is 39.9 Å². The second kappa shape index (κ2) is 9.31. The Morgan fingerprint density at radius 3 is 2.70 bits per heavy atom. The Labute approximate surface area is 163 Å². The van der Waals surface area contributed by atoms with Crippen molar-refractivity contribution in [2.75, 3.05) is 20.6 Å². The Bertz CT molecular complexity index is 648. The number of guanidine groups is 1. The van der Waals surface area contributed by atoms with Crippen LogP contribution in [0.2, 0.25) is 0 Å². The zero-order chi connectivity index (χ0) is 16.1. The van der Waals surface area contributed by atoms with Crippen LogP contribution in [0.4, 0.5) is 0 Å². The van der Waals surface area contributed by atoms with Crippen LogP contribution in [0.3, 0.4) is 0 Å². The Morgan fingerprint density at radius 1 is 1.43 bits per heavy atom. The summed E-state index contributed by atoms with van der Waals surface area (Å²) in [6.07, 6.45) is 5.96. The lowest BCUT2D eigenvalue weighted by molar-refractivity contribution is 0.457. The summed E-state index contributed by atoms with van der Waals surface area (Å²) >= 11 is 3.50. The summed E-state index contributed by atoms with van der Waals surface area (Å²) in [4.78, 5) is 6.45. The topological polar surface area (TPSA) is 50.4 Å². The van der Waals surface area contributed by atoms with Gasteiger partial charge in [0.15, 0.2) is 5.96 Å². The minimum Gasteiger partial charge on any atom is -0.354 e. The monoisotopic (exact) mass is 494 g/mol. The Balaban J connectivity index is 0.00000264. The first-order valence-corrected chi connectivity index (χ1v) is 8.00. The molecule has 8 heteroatoms. The number of aliphatic imine (C=N–C) groups is 1. The molecule has 2 heterocycles. The Morgan fingerprint density at radius 2 is 2.17 bits per heavy atom. The van der Waals surface area contributed by atoms with Gasteiger partial charge in [-0.25, -0.2) is 0 Å². The molecule has 23 heavy (non-hydrogen) atoms. The summed E-state index contributed by atoms with van der Waals surface area (Å²) in [6, 6.07) is 2.12. The smallest absolute Gasteiger partial charge is 0.193 e. The second-order valence-electron chi connectivity index (χ2n) is 5.37. The van der Waals surface area contributed by atoms with Gasteiger partial charge >= 0.3 is 0 Å². The van der Waals surface area contributed by atoms with Gasteiger partial charge in [-0.2, -0.15) is 5.10 Å². The first kappa shape index (κ1) is 20.0. The van der Waals surface area contributed by atoms with Crippen LogP contribution in [0, 0.1) is 6.92 Å². The predicted molar refractivity (Wildman–Crippen MR) is 108 cm³/mol. The molecular formula is C15H24BrIN6. The first-order valence-electron chi connectivity index (χ1n) is 7.21. The molecule has 2 aromatic rings. The fourth-order valence-corrected chi connectivity index (χ4v) is 2.87. The van der Waals surface area contributed by atoms with Gasteiger partial charge < -0.3 is 14.8 Å². The normalized spacial score (nSPS) is 11.3. The van der Waals surface area contributed by atoms with E-state index in [0.29, 0.717) is 0 Å². The number of halogens is 2. The molecule has 128 valence electrons. The van der Waals surface area contributed by atoms with Crippen LogP contribution in [0.1, 0.15) is 11.3 Å². The molecular weight excluding hydrogens is 471 g/mol. The average Bonchev–Trinajstić information content (AvgIpc) is 3.01. The maximum atomic E-state index is 4.34. The molecule has 6 nitrogen and oxygen atoms in total. The highest BCUT2D eigenvalue weighted by Crippen LogP contribution is 2.14. The van der Waals surface area contributed by atoms with Crippen LogP contribution in [0.5, 0.6) is 0 Å². The van der Waals surface area contributed by atoms with E-state index < -0.39 is 0 Å². The maximum Gasteiger partial charge on any atom is 0.193 e. The number of nitrogens with one attached hydrogen (secondary N) is 1. The van der Waals surface area contributed by atoms with E-state index in [-0.39, 0.29) is 24.0 Å². The van der Waals surface area contributed by atoms with E-state index in [4.69, 9.17) is 0 Å². The number of rotatable bonds is 5. The van der Waals surface area contributed by atoms with Crippen molar-refractivity contribution in [1.29, 1.82) is 0 Å². The molecule has 0 atom stereocenters. The van der Waals surface area contributed by atoms with Gasteiger partial charge in [-0.1, -0.05) is 0 Å².